The number of hydrogen-bond donors (Lipinski definition) is 2. The summed E-state index contributed by atoms with van der Waals surface area (Å²) in [5.41, 5.74) is 2.01. The van der Waals surface area contributed by atoms with E-state index >= 15 is 0 Å². The minimum atomic E-state index is -0.781. The highest BCUT2D eigenvalue weighted by molar-refractivity contribution is 6.37. The molecule has 0 aromatic heterocycles. The summed E-state index contributed by atoms with van der Waals surface area (Å²) in [7, 11) is 1.24. The van der Waals surface area contributed by atoms with Crippen LogP contribution >= 0.6 is 23.2 Å². The average Bonchev–Trinajstić information content (AvgIpc) is 2.83. The van der Waals surface area contributed by atoms with Crippen molar-refractivity contribution in [3.63, 3.8) is 0 Å². The van der Waals surface area contributed by atoms with E-state index in [-0.39, 0.29) is 22.2 Å². The summed E-state index contributed by atoms with van der Waals surface area (Å²) in [6, 6.07) is 21.4. The summed E-state index contributed by atoms with van der Waals surface area (Å²) in [6.07, 6.45) is 0. The molecule has 2 unspecified atom stereocenters. The van der Waals surface area contributed by atoms with Crippen LogP contribution in [0.2, 0.25) is 10.0 Å². The Kier molecular flexibility index (Phi) is 10.1. The van der Waals surface area contributed by atoms with Gasteiger partial charge in [0, 0.05) is 5.02 Å². The largest absolute Gasteiger partial charge is 0.481 e. The molecule has 34 heavy (non-hydrogen) atoms. The van der Waals surface area contributed by atoms with Gasteiger partial charge in [-0.3, -0.25) is 9.59 Å². The Morgan fingerprint density at radius 2 is 1.35 bits per heavy atom. The van der Waals surface area contributed by atoms with E-state index in [4.69, 9.17) is 33.0 Å². The van der Waals surface area contributed by atoms with Crippen molar-refractivity contribution in [3.8, 4) is 0 Å². The molecule has 3 aromatic rings. The number of nitrogens with one attached hydrogen (secondary N) is 1. The van der Waals surface area contributed by atoms with Gasteiger partial charge < -0.3 is 15.2 Å². The summed E-state index contributed by atoms with van der Waals surface area (Å²) in [6.45, 7) is 3.45. The third-order valence-electron chi connectivity index (χ3n) is 5.07. The molecule has 1 amide bonds. The van der Waals surface area contributed by atoms with Crippen LogP contribution < -0.4 is 5.32 Å². The molecule has 0 heterocycles. The van der Waals surface area contributed by atoms with Crippen LogP contribution in [0.3, 0.4) is 0 Å². The summed E-state index contributed by atoms with van der Waals surface area (Å²) in [4.78, 5) is 34.8. The highest BCUT2D eigenvalue weighted by Crippen LogP contribution is 2.31. The van der Waals surface area contributed by atoms with E-state index in [1.165, 1.54) is 19.2 Å². The molecular weight excluding hydrogens is 477 g/mol. The maximum absolute atomic E-state index is 12.4. The van der Waals surface area contributed by atoms with Crippen molar-refractivity contribution in [2.24, 2.45) is 0 Å². The van der Waals surface area contributed by atoms with Crippen molar-refractivity contribution in [1.82, 2.24) is 0 Å². The predicted molar refractivity (Wildman–Crippen MR) is 134 cm³/mol. The minimum absolute atomic E-state index is 0.0761. The van der Waals surface area contributed by atoms with Crippen molar-refractivity contribution >= 4 is 46.7 Å². The topological polar surface area (TPSA) is 92.7 Å². The number of esters is 1. The minimum Gasteiger partial charge on any atom is -0.481 e. The summed E-state index contributed by atoms with van der Waals surface area (Å²) in [5, 5.41) is 11.8. The molecule has 3 rings (SSSR count). The third kappa shape index (κ3) is 7.33. The number of amides is 1. The van der Waals surface area contributed by atoms with E-state index in [1.807, 2.05) is 60.7 Å². The lowest BCUT2D eigenvalue weighted by Crippen LogP contribution is -2.21. The molecular formula is C26H25Cl2NO5. The van der Waals surface area contributed by atoms with Crippen LogP contribution in [0.15, 0.2) is 72.8 Å². The van der Waals surface area contributed by atoms with Crippen LogP contribution in [0.4, 0.5) is 5.69 Å². The van der Waals surface area contributed by atoms with Gasteiger partial charge in [0.2, 0.25) is 5.91 Å². The monoisotopic (exact) mass is 501 g/mol. The van der Waals surface area contributed by atoms with Gasteiger partial charge in [-0.15, -0.1) is 0 Å². The molecule has 8 heteroatoms. The molecule has 2 N–H and O–H groups in total. The smallest absolute Gasteiger partial charge is 0.341 e. The first-order chi connectivity index (χ1) is 16.1. The number of aliphatic carboxylic acids is 1. The molecule has 0 saturated heterocycles. The van der Waals surface area contributed by atoms with Crippen LogP contribution in [0.5, 0.6) is 0 Å². The molecule has 3 aromatic carbocycles. The SMILES string of the molecule is CC(C(=O)O)c1ccccc1.COC(=O)c1c(Cl)cc(Cl)cc1NC(=O)C(C)c1ccccc1. The predicted octanol–water partition coefficient (Wildman–Crippen LogP) is 6.40. The molecule has 178 valence electrons. The first-order valence-corrected chi connectivity index (χ1v) is 11.1. The van der Waals surface area contributed by atoms with Gasteiger partial charge in [0.15, 0.2) is 0 Å². The molecule has 0 aliphatic heterocycles. The van der Waals surface area contributed by atoms with Gasteiger partial charge >= 0.3 is 11.9 Å². The Bertz CT molecular complexity index is 1140. The molecule has 0 bridgehead atoms. The van der Waals surface area contributed by atoms with Crippen LogP contribution in [0.25, 0.3) is 0 Å². The van der Waals surface area contributed by atoms with Crippen LogP contribution in [-0.2, 0) is 14.3 Å². The molecule has 0 aliphatic carbocycles. The van der Waals surface area contributed by atoms with Gasteiger partial charge in [0.25, 0.3) is 0 Å². The zero-order valence-corrected chi connectivity index (χ0v) is 20.4. The number of carbonyl (C=O) groups is 3. The van der Waals surface area contributed by atoms with Crippen molar-refractivity contribution in [2.75, 3.05) is 12.4 Å². The number of rotatable bonds is 6. The van der Waals surface area contributed by atoms with E-state index in [0.29, 0.717) is 5.02 Å². The average molecular weight is 502 g/mol. The fourth-order valence-corrected chi connectivity index (χ4v) is 3.57. The Hall–Kier alpha value is -3.35. The van der Waals surface area contributed by atoms with E-state index in [2.05, 4.69) is 5.32 Å². The van der Waals surface area contributed by atoms with Crippen LogP contribution in [0.1, 0.15) is 47.2 Å². The maximum atomic E-state index is 12.4. The second-order valence-corrected chi connectivity index (χ2v) is 8.24. The Morgan fingerprint density at radius 3 is 1.82 bits per heavy atom. The lowest BCUT2D eigenvalue weighted by Gasteiger charge is -2.15. The van der Waals surface area contributed by atoms with Crippen molar-refractivity contribution in [3.05, 3.63) is 99.5 Å². The zero-order chi connectivity index (χ0) is 25.3. The number of carboxylic acid groups (broad SMARTS) is 1. The number of benzene rings is 3. The summed E-state index contributed by atoms with van der Waals surface area (Å²) in [5.74, 6) is -2.51. The number of ether oxygens (including phenoxy) is 1. The van der Waals surface area contributed by atoms with Crippen molar-refractivity contribution in [2.45, 2.75) is 25.7 Å². The summed E-state index contributed by atoms with van der Waals surface area (Å²) >= 11 is 12.0. The van der Waals surface area contributed by atoms with Gasteiger partial charge in [-0.05, 0) is 37.1 Å². The first-order valence-electron chi connectivity index (χ1n) is 10.4. The van der Waals surface area contributed by atoms with Gasteiger partial charge in [-0.25, -0.2) is 4.79 Å². The molecule has 0 aliphatic rings. The van der Waals surface area contributed by atoms with Gasteiger partial charge in [0.05, 0.1) is 29.7 Å². The van der Waals surface area contributed by atoms with E-state index in [1.54, 1.807) is 13.8 Å². The van der Waals surface area contributed by atoms with E-state index in [0.717, 1.165) is 11.1 Å². The Balaban J connectivity index is 0.000000310. The number of carbonyl (C=O) groups excluding carboxylic acids is 2. The summed E-state index contributed by atoms with van der Waals surface area (Å²) < 4.78 is 4.71. The molecule has 6 nitrogen and oxygen atoms in total. The van der Waals surface area contributed by atoms with Gasteiger partial charge in [0.1, 0.15) is 5.56 Å². The van der Waals surface area contributed by atoms with E-state index in [9.17, 15) is 14.4 Å². The van der Waals surface area contributed by atoms with E-state index < -0.39 is 23.8 Å². The molecule has 0 spiro atoms. The van der Waals surface area contributed by atoms with Crippen LogP contribution in [0, 0.1) is 0 Å². The van der Waals surface area contributed by atoms with Crippen molar-refractivity contribution < 1.29 is 24.2 Å². The molecule has 2 atom stereocenters. The lowest BCUT2D eigenvalue weighted by molar-refractivity contribution is -0.138. The standard InChI is InChI=1S/C17H15Cl2NO3.C9H10O2/c1-10(11-6-4-3-5-7-11)16(21)20-14-9-12(18)8-13(19)15(14)17(22)23-2;1-7(9(10)11)8-5-3-2-4-6-8/h3-10H,1-2H3,(H,20,21);2-7H,1H3,(H,10,11). The number of halogens is 2. The fourth-order valence-electron chi connectivity index (χ4n) is 3.00. The second-order valence-electron chi connectivity index (χ2n) is 7.39. The fraction of sp³-hybridized carbons (Fsp3) is 0.192. The number of carboxylic acids is 1. The maximum Gasteiger partial charge on any atom is 0.341 e. The Labute approximate surface area is 208 Å². The Morgan fingerprint density at radius 1 is 0.853 bits per heavy atom. The van der Waals surface area contributed by atoms with Crippen molar-refractivity contribution in [1.29, 1.82) is 0 Å². The quantitative estimate of drug-likeness (QED) is 0.381. The molecule has 0 fully saturated rings. The number of anilines is 1. The number of hydrogen-bond acceptors (Lipinski definition) is 4. The number of methoxy groups -OCH3 is 1. The van der Waals surface area contributed by atoms with Gasteiger partial charge in [-0.2, -0.15) is 0 Å². The lowest BCUT2D eigenvalue weighted by atomic mass is 10.00. The normalized spacial score (nSPS) is 11.9. The zero-order valence-electron chi connectivity index (χ0n) is 18.9. The molecule has 0 saturated carbocycles. The molecule has 0 radical (unpaired) electrons. The first kappa shape index (κ1) is 26.9. The van der Waals surface area contributed by atoms with Crippen LogP contribution in [-0.4, -0.2) is 30.1 Å². The second kappa shape index (κ2) is 12.8. The highest BCUT2D eigenvalue weighted by Gasteiger charge is 2.22. The van der Waals surface area contributed by atoms with Gasteiger partial charge in [-0.1, -0.05) is 83.9 Å². The highest BCUT2D eigenvalue weighted by atomic mass is 35.5. The third-order valence-corrected chi connectivity index (χ3v) is 5.58.